The van der Waals surface area contributed by atoms with E-state index >= 15 is 0 Å². The van der Waals surface area contributed by atoms with Crippen LogP contribution in [0.5, 0.6) is 0 Å². The zero-order valence-electron chi connectivity index (χ0n) is 15.7. The molecule has 29 heavy (non-hydrogen) atoms. The van der Waals surface area contributed by atoms with Gasteiger partial charge in [-0.05, 0) is 38.1 Å². The lowest BCUT2D eigenvalue weighted by atomic mass is 10.1. The third-order valence-corrected chi connectivity index (χ3v) is 4.93. The Morgan fingerprint density at radius 2 is 1.90 bits per heavy atom. The lowest BCUT2D eigenvalue weighted by Gasteiger charge is -2.23. The van der Waals surface area contributed by atoms with Crippen LogP contribution in [0.2, 0.25) is 0 Å². The van der Waals surface area contributed by atoms with E-state index in [9.17, 15) is 4.39 Å². The van der Waals surface area contributed by atoms with Gasteiger partial charge in [0, 0.05) is 5.69 Å². The van der Waals surface area contributed by atoms with Crippen molar-refractivity contribution < 1.29 is 18.6 Å². The molecule has 148 valence electrons. The van der Waals surface area contributed by atoms with Crippen LogP contribution >= 0.6 is 0 Å². The second-order valence-electron chi connectivity index (χ2n) is 7.36. The number of benzene rings is 1. The average molecular weight is 395 g/mol. The number of hydrogen-bond donors (Lipinski definition) is 1. The minimum Gasteiger partial charge on any atom is -0.341 e. The second kappa shape index (κ2) is 6.49. The smallest absolute Gasteiger partial charge is 0.167 e. The minimum absolute atomic E-state index is 0.314. The lowest BCUT2D eigenvalue weighted by Crippen LogP contribution is -2.28. The molecule has 0 bridgehead atoms. The number of nitrogens with zero attached hydrogens (tertiary/aromatic N) is 4. The van der Waals surface area contributed by atoms with Gasteiger partial charge in [0.1, 0.15) is 30.5 Å². The van der Waals surface area contributed by atoms with E-state index in [0.717, 1.165) is 0 Å². The molecular weight excluding hydrogens is 377 g/mol. The van der Waals surface area contributed by atoms with E-state index in [4.69, 9.17) is 20.6 Å². The highest BCUT2D eigenvalue weighted by atomic mass is 19.1. The molecule has 4 atom stereocenters. The van der Waals surface area contributed by atoms with Crippen LogP contribution in [-0.4, -0.2) is 43.6 Å². The summed E-state index contributed by atoms with van der Waals surface area (Å²) in [7, 11) is 0. The Morgan fingerprint density at radius 1 is 1.14 bits per heavy atom. The molecule has 8 nitrogen and oxygen atoms in total. The van der Waals surface area contributed by atoms with Gasteiger partial charge in [0.15, 0.2) is 29.0 Å². The van der Waals surface area contributed by atoms with Crippen molar-refractivity contribution in [3.63, 3.8) is 0 Å². The van der Waals surface area contributed by atoms with E-state index in [1.165, 1.54) is 18.5 Å². The summed E-state index contributed by atoms with van der Waals surface area (Å²) in [6.45, 7) is 3.68. The fourth-order valence-corrected chi connectivity index (χ4v) is 3.73. The van der Waals surface area contributed by atoms with Gasteiger partial charge in [-0.25, -0.2) is 19.3 Å². The van der Waals surface area contributed by atoms with Crippen molar-refractivity contribution in [2.75, 3.05) is 5.32 Å². The van der Waals surface area contributed by atoms with Gasteiger partial charge in [0.25, 0.3) is 0 Å². The maximum Gasteiger partial charge on any atom is 0.167 e. The first-order valence-corrected chi connectivity index (χ1v) is 9.12. The van der Waals surface area contributed by atoms with E-state index in [1.807, 2.05) is 13.8 Å². The van der Waals surface area contributed by atoms with Crippen molar-refractivity contribution in [3.05, 3.63) is 42.7 Å². The fraction of sp³-hybridized carbons (Fsp3) is 0.350. The molecule has 0 saturated carbocycles. The van der Waals surface area contributed by atoms with Crippen LogP contribution in [0.25, 0.3) is 11.2 Å². The summed E-state index contributed by atoms with van der Waals surface area (Å²) in [6, 6.07) is 5.97. The highest BCUT2D eigenvalue weighted by molar-refractivity contribution is 5.85. The van der Waals surface area contributed by atoms with Gasteiger partial charge in [-0.3, -0.25) is 4.57 Å². The first kappa shape index (κ1) is 18.0. The van der Waals surface area contributed by atoms with Gasteiger partial charge in [0.2, 0.25) is 0 Å². The van der Waals surface area contributed by atoms with E-state index in [-0.39, 0.29) is 11.9 Å². The number of terminal acetylenes is 1. The molecule has 0 unspecified atom stereocenters. The van der Waals surface area contributed by atoms with Crippen LogP contribution in [0.3, 0.4) is 0 Å². The predicted octanol–water partition coefficient (Wildman–Crippen LogP) is 2.76. The topological polar surface area (TPSA) is 83.3 Å². The number of rotatable bonds is 3. The van der Waals surface area contributed by atoms with Crippen molar-refractivity contribution >= 4 is 22.7 Å². The molecule has 1 aromatic carbocycles. The molecule has 2 fully saturated rings. The quantitative estimate of drug-likeness (QED) is 0.683. The van der Waals surface area contributed by atoms with Crippen molar-refractivity contribution in [3.8, 4) is 12.3 Å². The summed E-state index contributed by atoms with van der Waals surface area (Å²) < 4.78 is 32.9. The molecule has 4 heterocycles. The van der Waals surface area contributed by atoms with E-state index in [0.29, 0.717) is 22.7 Å². The highest BCUT2D eigenvalue weighted by Gasteiger charge is 2.55. The average Bonchev–Trinajstić information content (AvgIpc) is 3.34. The van der Waals surface area contributed by atoms with Crippen molar-refractivity contribution in [1.82, 2.24) is 19.5 Å². The molecular formula is C20H18FN5O3. The first-order chi connectivity index (χ1) is 13.9. The first-order valence-electron chi connectivity index (χ1n) is 9.12. The molecule has 5 rings (SSSR count). The van der Waals surface area contributed by atoms with Crippen LogP contribution in [-0.2, 0) is 14.2 Å². The Kier molecular flexibility index (Phi) is 4.03. The van der Waals surface area contributed by atoms with Crippen molar-refractivity contribution in [2.45, 2.75) is 44.2 Å². The summed E-state index contributed by atoms with van der Waals surface area (Å²) >= 11 is 0. The van der Waals surface area contributed by atoms with Crippen LogP contribution in [0.1, 0.15) is 20.1 Å². The van der Waals surface area contributed by atoms with E-state index in [1.54, 1.807) is 23.0 Å². The van der Waals surface area contributed by atoms with Gasteiger partial charge in [-0.2, -0.15) is 0 Å². The number of imidazole rings is 1. The van der Waals surface area contributed by atoms with Crippen LogP contribution in [0.4, 0.5) is 15.9 Å². The predicted molar refractivity (Wildman–Crippen MR) is 102 cm³/mol. The Morgan fingerprint density at radius 3 is 2.66 bits per heavy atom. The summed E-state index contributed by atoms with van der Waals surface area (Å²) in [5.74, 6) is 2.05. The number of fused-ring (bicyclic) bond motifs is 2. The molecule has 3 aromatic rings. The zero-order valence-corrected chi connectivity index (χ0v) is 15.7. The summed E-state index contributed by atoms with van der Waals surface area (Å²) in [5, 5.41) is 3.13. The molecule has 9 heteroatoms. The van der Waals surface area contributed by atoms with Gasteiger partial charge >= 0.3 is 0 Å². The molecule has 2 aliphatic heterocycles. The van der Waals surface area contributed by atoms with Gasteiger partial charge in [-0.15, -0.1) is 6.42 Å². The molecule has 0 aliphatic carbocycles. The van der Waals surface area contributed by atoms with Crippen LogP contribution in [0.15, 0.2) is 36.9 Å². The largest absolute Gasteiger partial charge is 0.341 e. The standard InChI is InChI=1S/C20H18FN5O3/c1-4-13-15-16(29-20(2,3)28-15)19(27-13)26-10-24-14-17(22-9-23-18(14)26)25-12-7-5-11(21)6-8-12/h1,5-10,13,15-16,19H,2-3H3,(H,22,23,25)/t13-,15-,16-,19-/m1/s1. The monoisotopic (exact) mass is 395 g/mol. The Balaban J connectivity index is 1.51. The number of nitrogens with one attached hydrogen (secondary N) is 1. The molecule has 0 spiro atoms. The Bertz CT molecular complexity index is 1110. The summed E-state index contributed by atoms with van der Waals surface area (Å²) in [5.41, 5.74) is 1.78. The van der Waals surface area contributed by atoms with E-state index in [2.05, 4.69) is 26.2 Å². The molecule has 1 N–H and O–H groups in total. The lowest BCUT2D eigenvalue weighted by molar-refractivity contribution is -0.190. The minimum atomic E-state index is -0.757. The second-order valence-corrected chi connectivity index (χ2v) is 7.36. The molecule has 2 saturated heterocycles. The molecule has 2 aromatic heterocycles. The molecule has 0 radical (unpaired) electrons. The Labute approximate surface area is 166 Å². The van der Waals surface area contributed by atoms with Crippen LogP contribution < -0.4 is 5.32 Å². The highest BCUT2D eigenvalue weighted by Crippen LogP contribution is 2.43. The summed E-state index contributed by atoms with van der Waals surface area (Å²) in [6.07, 6.45) is 6.81. The molecule has 2 aliphatic rings. The third kappa shape index (κ3) is 3.02. The SMILES string of the molecule is C#C[C@H]1O[C@@H](n2cnc3c(Nc4ccc(F)cc4)ncnc32)[C@@H]2OC(C)(C)O[C@@H]21. The zero-order chi connectivity index (χ0) is 20.2. The van der Waals surface area contributed by atoms with Crippen LogP contribution in [0, 0.1) is 18.2 Å². The number of ether oxygens (including phenoxy) is 3. The van der Waals surface area contributed by atoms with Gasteiger partial charge < -0.3 is 19.5 Å². The van der Waals surface area contributed by atoms with Gasteiger partial charge in [0.05, 0.1) is 6.33 Å². The fourth-order valence-electron chi connectivity index (χ4n) is 3.73. The third-order valence-electron chi connectivity index (χ3n) is 4.93. The van der Waals surface area contributed by atoms with Crippen molar-refractivity contribution in [1.29, 1.82) is 0 Å². The van der Waals surface area contributed by atoms with Crippen molar-refractivity contribution in [2.24, 2.45) is 0 Å². The normalized spacial score (nSPS) is 27.7. The number of halogens is 1. The summed E-state index contributed by atoms with van der Waals surface area (Å²) in [4.78, 5) is 13.1. The number of hydrogen-bond acceptors (Lipinski definition) is 7. The maximum atomic E-state index is 13.2. The number of aromatic nitrogens is 4. The number of anilines is 2. The van der Waals surface area contributed by atoms with E-state index < -0.39 is 24.2 Å². The van der Waals surface area contributed by atoms with Gasteiger partial charge in [-0.1, -0.05) is 5.92 Å². The maximum absolute atomic E-state index is 13.2. The molecule has 0 amide bonds. The Hall–Kier alpha value is -3.06.